The Hall–Kier alpha value is -3.36. The molecule has 0 spiro atoms. The molecule has 146 valence electrons. The molecule has 0 saturated heterocycles. The lowest BCUT2D eigenvalue weighted by Crippen LogP contribution is -2.18. The quantitative estimate of drug-likeness (QED) is 0.633. The normalized spacial score (nSPS) is 11.3. The third kappa shape index (κ3) is 4.48. The van der Waals surface area contributed by atoms with Crippen molar-refractivity contribution in [2.75, 3.05) is 11.9 Å². The van der Waals surface area contributed by atoms with Gasteiger partial charge in [-0.25, -0.2) is 14.8 Å². The summed E-state index contributed by atoms with van der Waals surface area (Å²) in [5, 5.41) is 3.49. The Balaban J connectivity index is 2.01. The van der Waals surface area contributed by atoms with Crippen LogP contribution in [0.4, 0.5) is 24.8 Å². The number of aryl methyl sites for hydroxylation is 1. The molecule has 3 aromatic rings. The van der Waals surface area contributed by atoms with Crippen molar-refractivity contribution in [3.8, 4) is 5.75 Å². The van der Waals surface area contributed by atoms with E-state index >= 15 is 0 Å². The zero-order valence-corrected chi connectivity index (χ0v) is 15.0. The minimum atomic E-state index is -4.90. The van der Waals surface area contributed by atoms with Gasteiger partial charge in [0, 0.05) is 11.6 Å². The van der Waals surface area contributed by atoms with Crippen LogP contribution in [0.15, 0.2) is 42.6 Å². The topological polar surface area (TPSA) is 73.3 Å². The van der Waals surface area contributed by atoms with Gasteiger partial charge in [0.05, 0.1) is 23.4 Å². The van der Waals surface area contributed by atoms with Crippen LogP contribution in [0.25, 0.3) is 10.9 Å². The summed E-state index contributed by atoms with van der Waals surface area (Å²) in [7, 11) is 0. The number of carbonyl (C=O) groups is 1. The number of nitrogens with one attached hydrogen (secondary N) is 1. The predicted molar refractivity (Wildman–Crippen MR) is 96.6 cm³/mol. The number of fused-ring (bicyclic) bond motifs is 1. The fourth-order valence-corrected chi connectivity index (χ4v) is 2.57. The van der Waals surface area contributed by atoms with Gasteiger partial charge in [-0.2, -0.15) is 0 Å². The number of hydrogen-bond donors (Lipinski definition) is 1. The van der Waals surface area contributed by atoms with Gasteiger partial charge in [-0.1, -0.05) is 18.2 Å². The van der Waals surface area contributed by atoms with E-state index in [1.165, 1.54) is 12.1 Å². The van der Waals surface area contributed by atoms with Gasteiger partial charge in [0.15, 0.2) is 5.75 Å². The lowest BCUT2D eigenvalue weighted by Gasteiger charge is -2.15. The third-order valence-corrected chi connectivity index (χ3v) is 3.78. The summed E-state index contributed by atoms with van der Waals surface area (Å²) >= 11 is 0. The molecule has 0 radical (unpaired) electrons. The number of alkyl halides is 3. The van der Waals surface area contributed by atoms with E-state index in [0.717, 1.165) is 17.0 Å². The first-order chi connectivity index (χ1) is 13.3. The van der Waals surface area contributed by atoms with Gasteiger partial charge in [-0.05, 0) is 37.6 Å². The molecule has 0 saturated carbocycles. The smallest absolute Gasteiger partial charge is 0.462 e. The molecule has 1 heterocycles. The maximum absolute atomic E-state index is 12.7. The maximum atomic E-state index is 12.7. The van der Waals surface area contributed by atoms with Gasteiger partial charge in [0.2, 0.25) is 5.95 Å². The molecule has 28 heavy (non-hydrogen) atoms. The molecule has 3 rings (SSSR count). The van der Waals surface area contributed by atoms with Crippen molar-refractivity contribution < 1.29 is 27.4 Å². The first kappa shape index (κ1) is 19.4. The summed E-state index contributed by atoms with van der Waals surface area (Å²) in [5.41, 5.74) is 1.49. The first-order valence-corrected chi connectivity index (χ1v) is 8.33. The van der Waals surface area contributed by atoms with Crippen LogP contribution < -0.4 is 10.1 Å². The molecule has 0 atom stereocenters. The number of carbonyl (C=O) groups excluding carboxylic acids is 1. The summed E-state index contributed by atoms with van der Waals surface area (Å²) in [6.45, 7) is 3.62. The number of hydrogen-bond acceptors (Lipinski definition) is 6. The summed E-state index contributed by atoms with van der Waals surface area (Å²) in [4.78, 5) is 20.4. The Morgan fingerprint density at radius 3 is 2.71 bits per heavy atom. The van der Waals surface area contributed by atoms with E-state index in [1.807, 2.05) is 25.1 Å². The molecule has 9 heteroatoms. The maximum Gasteiger partial charge on any atom is 0.573 e. The van der Waals surface area contributed by atoms with Crippen molar-refractivity contribution in [3.63, 3.8) is 0 Å². The second kappa shape index (κ2) is 7.71. The molecule has 1 N–H and O–H groups in total. The molecule has 0 unspecified atom stereocenters. The van der Waals surface area contributed by atoms with Gasteiger partial charge in [0.25, 0.3) is 0 Å². The van der Waals surface area contributed by atoms with Crippen LogP contribution in [-0.2, 0) is 4.74 Å². The predicted octanol–water partition coefficient (Wildman–Crippen LogP) is 4.76. The van der Waals surface area contributed by atoms with Crippen molar-refractivity contribution in [2.45, 2.75) is 20.2 Å². The number of benzene rings is 2. The second-order valence-electron chi connectivity index (χ2n) is 5.81. The molecule has 0 aliphatic heterocycles. The highest BCUT2D eigenvalue weighted by Crippen LogP contribution is 2.33. The Morgan fingerprint density at radius 1 is 1.21 bits per heavy atom. The SMILES string of the molecule is CCOC(=O)c1ccc(OC(F)(F)F)c(Nc2ncc3cccc(C)c3n2)c1. The first-order valence-electron chi connectivity index (χ1n) is 8.33. The zero-order chi connectivity index (χ0) is 20.3. The van der Waals surface area contributed by atoms with Crippen LogP contribution in [0.5, 0.6) is 5.75 Å². The molecule has 6 nitrogen and oxygen atoms in total. The van der Waals surface area contributed by atoms with E-state index in [-0.39, 0.29) is 23.8 Å². The Labute approximate surface area is 158 Å². The molecule has 1 aromatic heterocycles. The molecular formula is C19H16F3N3O3. The van der Waals surface area contributed by atoms with Crippen LogP contribution in [0.2, 0.25) is 0 Å². The summed E-state index contributed by atoms with van der Waals surface area (Å²) in [6, 6.07) is 8.96. The lowest BCUT2D eigenvalue weighted by atomic mass is 10.1. The Bertz CT molecular complexity index is 1020. The second-order valence-corrected chi connectivity index (χ2v) is 5.81. The van der Waals surface area contributed by atoms with E-state index in [1.54, 1.807) is 13.1 Å². The van der Waals surface area contributed by atoms with E-state index in [0.29, 0.717) is 5.52 Å². The average molecular weight is 391 g/mol. The molecule has 2 aromatic carbocycles. The fraction of sp³-hybridized carbons (Fsp3) is 0.211. The number of halogens is 3. The third-order valence-electron chi connectivity index (χ3n) is 3.78. The van der Waals surface area contributed by atoms with E-state index in [9.17, 15) is 18.0 Å². The van der Waals surface area contributed by atoms with Crippen LogP contribution >= 0.6 is 0 Å². The Morgan fingerprint density at radius 2 is 2.00 bits per heavy atom. The van der Waals surface area contributed by atoms with Crippen LogP contribution in [0, 0.1) is 6.92 Å². The number of aromatic nitrogens is 2. The van der Waals surface area contributed by atoms with Crippen molar-refractivity contribution in [1.82, 2.24) is 9.97 Å². The van der Waals surface area contributed by atoms with Crippen LogP contribution in [-0.4, -0.2) is 28.9 Å². The highest BCUT2D eigenvalue weighted by molar-refractivity contribution is 5.91. The van der Waals surface area contributed by atoms with E-state index < -0.39 is 18.1 Å². The number of anilines is 2. The van der Waals surface area contributed by atoms with Crippen molar-refractivity contribution in [1.29, 1.82) is 0 Å². The number of para-hydroxylation sites is 1. The van der Waals surface area contributed by atoms with Crippen molar-refractivity contribution in [3.05, 3.63) is 53.7 Å². The summed E-state index contributed by atoms with van der Waals surface area (Å²) in [6.07, 6.45) is -3.35. The van der Waals surface area contributed by atoms with E-state index in [4.69, 9.17) is 4.74 Å². The molecule has 0 fully saturated rings. The highest BCUT2D eigenvalue weighted by atomic mass is 19.4. The summed E-state index contributed by atoms with van der Waals surface area (Å²) < 4.78 is 47.1. The zero-order valence-electron chi connectivity index (χ0n) is 15.0. The number of nitrogens with zero attached hydrogens (tertiary/aromatic N) is 2. The van der Waals surface area contributed by atoms with Gasteiger partial charge in [0.1, 0.15) is 0 Å². The number of ether oxygens (including phenoxy) is 2. The highest BCUT2D eigenvalue weighted by Gasteiger charge is 2.32. The standard InChI is InChI=1S/C19H16F3N3O3/c1-3-27-17(26)12-7-8-15(28-19(20,21)22)14(9-12)24-18-23-10-13-6-4-5-11(2)16(13)25-18/h4-10H,3H2,1-2H3,(H,23,24,25). The van der Waals surface area contributed by atoms with Gasteiger partial charge < -0.3 is 14.8 Å². The molecule has 0 aliphatic rings. The van der Waals surface area contributed by atoms with Gasteiger partial charge >= 0.3 is 12.3 Å². The minimum absolute atomic E-state index is 0.0647. The summed E-state index contributed by atoms with van der Waals surface area (Å²) in [5.74, 6) is -1.12. The van der Waals surface area contributed by atoms with Crippen molar-refractivity contribution in [2.24, 2.45) is 0 Å². The lowest BCUT2D eigenvalue weighted by molar-refractivity contribution is -0.274. The molecule has 0 aliphatic carbocycles. The van der Waals surface area contributed by atoms with E-state index in [2.05, 4.69) is 20.0 Å². The fourth-order valence-electron chi connectivity index (χ4n) is 2.57. The monoisotopic (exact) mass is 391 g/mol. The molecular weight excluding hydrogens is 375 g/mol. The number of rotatable bonds is 5. The van der Waals surface area contributed by atoms with Crippen LogP contribution in [0.3, 0.4) is 0 Å². The minimum Gasteiger partial charge on any atom is -0.462 e. The molecule has 0 bridgehead atoms. The average Bonchev–Trinajstić information content (AvgIpc) is 2.63. The van der Waals surface area contributed by atoms with Crippen molar-refractivity contribution >= 4 is 28.5 Å². The van der Waals surface area contributed by atoms with Gasteiger partial charge in [-0.3, -0.25) is 0 Å². The molecule has 0 amide bonds. The number of esters is 1. The van der Waals surface area contributed by atoms with Gasteiger partial charge in [-0.15, -0.1) is 13.2 Å². The largest absolute Gasteiger partial charge is 0.573 e. The van der Waals surface area contributed by atoms with Crippen LogP contribution in [0.1, 0.15) is 22.8 Å². The Kier molecular flexibility index (Phi) is 5.34.